The van der Waals surface area contributed by atoms with Gasteiger partial charge in [-0.15, -0.1) is 0 Å². The molecule has 7 heteroatoms. The van der Waals surface area contributed by atoms with Crippen LogP contribution < -0.4 is 47.8 Å². The molecule has 0 N–H and O–H groups in total. The lowest BCUT2D eigenvalue weighted by Crippen LogP contribution is -2.60. The summed E-state index contributed by atoms with van der Waals surface area (Å²) in [5, 5.41) is 10.1. The molecule has 0 saturated heterocycles. The number of nitrogens with zero attached hydrogens (tertiary/aromatic N) is 2. The van der Waals surface area contributed by atoms with Crippen LogP contribution in [0.1, 0.15) is 5.56 Å². The molecule has 0 spiro atoms. The molecule has 0 radical (unpaired) electrons. The van der Waals surface area contributed by atoms with Crippen molar-refractivity contribution >= 4 is 158 Å². The van der Waals surface area contributed by atoms with Gasteiger partial charge in [0.1, 0.15) is 0 Å². The highest BCUT2D eigenvalue weighted by Gasteiger charge is 2.45. The Hall–Kier alpha value is -5.85. The first-order valence-electron chi connectivity index (χ1n) is 22.0. The maximum atomic E-state index is 4.08. The van der Waals surface area contributed by atoms with Crippen molar-refractivity contribution in [1.29, 1.82) is 0 Å². The smallest absolute Gasteiger partial charge is 0.248 e. The SMILES string of the molecule is Cc1cc2c3c(cc4c([Si](C)(C)C)cc5c6c(cc1c3c46)B1c3ccccc3N(c3ccccc3)c3cc(Br)cc-5c31)B1c3ccccc3N(c3ccccc3)c3cc(Br)cc-2c31. The predicted molar refractivity (Wildman–Crippen MR) is 283 cm³/mol. The largest absolute Gasteiger partial charge is 0.311 e. The van der Waals surface area contributed by atoms with Gasteiger partial charge in [-0.2, -0.15) is 0 Å². The third-order valence-electron chi connectivity index (χ3n) is 14.7. The summed E-state index contributed by atoms with van der Waals surface area (Å²) in [7, 11) is -1.97. The van der Waals surface area contributed by atoms with Gasteiger partial charge in [-0.25, -0.2) is 0 Å². The molecule has 10 aromatic rings. The molecule has 2 nitrogen and oxygen atoms in total. The highest BCUT2D eigenvalue weighted by molar-refractivity contribution is 9.10. The van der Waals surface area contributed by atoms with Gasteiger partial charge in [0.25, 0.3) is 0 Å². The molecule has 0 aliphatic carbocycles. The van der Waals surface area contributed by atoms with Gasteiger partial charge < -0.3 is 9.80 Å². The van der Waals surface area contributed by atoms with E-state index in [4.69, 9.17) is 0 Å². The second-order valence-electron chi connectivity index (χ2n) is 19.1. The van der Waals surface area contributed by atoms with E-state index in [2.05, 4.69) is 226 Å². The van der Waals surface area contributed by atoms with Crippen LogP contribution in [-0.2, 0) is 0 Å². The van der Waals surface area contributed by atoms with E-state index < -0.39 is 8.07 Å². The molecule has 4 heterocycles. The molecule has 0 amide bonds. The maximum Gasteiger partial charge on any atom is 0.248 e. The number of hydrogen-bond donors (Lipinski definition) is 0. The Bertz CT molecular complexity index is 3680. The number of para-hydroxylation sites is 4. The lowest BCUT2D eigenvalue weighted by Gasteiger charge is -2.42. The fourth-order valence-corrected chi connectivity index (χ4v) is 14.8. The quantitative estimate of drug-likeness (QED) is 0.129. The summed E-state index contributed by atoms with van der Waals surface area (Å²) in [6.45, 7) is 10.2. The molecule has 0 saturated carbocycles. The van der Waals surface area contributed by atoms with Crippen LogP contribution in [0.5, 0.6) is 0 Å². The van der Waals surface area contributed by atoms with Crippen LogP contribution in [0.2, 0.25) is 19.6 Å². The summed E-state index contributed by atoms with van der Waals surface area (Å²) in [5.41, 5.74) is 22.4. The fourth-order valence-electron chi connectivity index (χ4n) is 12.4. The molecule has 0 bridgehead atoms. The molecule has 63 heavy (non-hydrogen) atoms. The molecule has 0 aromatic heterocycles. The molecule has 0 atom stereocenters. The van der Waals surface area contributed by atoms with Crippen LogP contribution >= 0.6 is 31.9 Å². The minimum absolute atomic E-state index is 0.0796. The Labute approximate surface area is 386 Å². The molecule has 4 aliphatic heterocycles. The third kappa shape index (κ3) is 4.75. The highest BCUT2D eigenvalue weighted by Crippen LogP contribution is 2.50. The minimum atomic E-state index is -1.97. The third-order valence-corrected chi connectivity index (χ3v) is 17.6. The van der Waals surface area contributed by atoms with Crippen LogP contribution in [0.25, 0.3) is 54.6 Å². The van der Waals surface area contributed by atoms with Gasteiger partial charge in [0.2, 0.25) is 13.4 Å². The van der Waals surface area contributed by atoms with Gasteiger partial charge in [-0.05, 0) is 150 Å². The monoisotopic (exact) mass is 946 g/mol. The molecular weight excluding hydrogens is 910 g/mol. The molecule has 14 rings (SSSR count). The van der Waals surface area contributed by atoms with E-state index in [1.54, 1.807) is 0 Å². The van der Waals surface area contributed by atoms with Crippen molar-refractivity contribution in [2.75, 3.05) is 9.80 Å². The van der Waals surface area contributed by atoms with Crippen molar-refractivity contribution in [2.24, 2.45) is 0 Å². The van der Waals surface area contributed by atoms with Gasteiger partial charge in [-0.1, -0.05) is 165 Å². The fraction of sp³-hybridized carbons (Fsp3) is 0.0714. The number of anilines is 6. The van der Waals surface area contributed by atoms with Crippen molar-refractivity contribution < 1.29 is 0 Å². The maximum absolute atomic E-state index is 4.08. The summed E-state index contributed by atoms with van der Waals surface area (Å²) in [4.78, 5) is 4.99. The second-order valence-corrected chi connectivity index (χ2v) is 26.0. The van der Waals surface area contributed by atoms with E-state index in [0.29, 0.717) is 0 Å². The summed E-state index contributed by atoms with van der Waals surface area (Å²) in [5.74, 6) is 0. The highest BCUT2D eigenvalue weighted by atomic mass is 79.9. The number of halogens is 2. The number of fused-ring (bicyclic) bond motifs is 8. The summed E-state index contributed by atoms with van der Waals surface area (Å²) < 4.78 is 2.20. The van der Waals surface area contributed by atoms with Crippen LogP contribution in [0.3, 0.4) is 0 Å². The van der Waals surface area contributed by atoms with E-state index in [1.807, 2.05) is 0 Å². The topological polar surface area (TPSA) is 6.48 Å². The normalized spacial score (nSPS) is 14.1. The van der Waals surface area contributed by atoms with Gasteiger partial charge in [-0.3, -0.25) is 0 Å². The van der Waals surface area contributed by atoms with E-state index in [0.717, 1.165) is 8.95 Å². The average Bonchev–Trinajstić information content (AvgIpc) is 3.28. The first-order valence-corrected chi connectivity index (χ1v) is 27.1. The Morgan fingerprint density at radius 1 is 0.413 bits per heavy atom. The van der Waals surface area contributed by atoms with Gasteiger partial charge in [0, 0.05) is 43.1 Å². The van der Waals surface area contributed by atoms with E-state index in [9.17, 15) is 0 Å². The standard InChI is InChI=1S/C56H38B2Br2N2Si/c1-31-23-37-39-24-32(59)26-48-55(39)58(43-20-12-14-22-47(43)61(48)34-15-7-5-8-16-34)45-29-41-50(63(2,3)4)30-38-40-25-33(60)27-49-56(40)57(44-28-36(31)53(51(37)45)54(41)52(38)44)42-19-11-13-21-46(42)62(49)35-17-9-6-10-18-35/h5-30H,1-4H3. The van der Waals surface area contributed by atoms with E-state index in [-0.39, 0.29) is 13.4 Å². The zero-order valence-electron chi connectivity index (χ0n) is 35.3. The number of aryl methyl sites for hydroxylation is 1. The Balaban J connectivity index is 1.16. The Morgan fingerprint density at radius 2 is 0.857 bits per heavy atom. The second kappa shape index (κ2) is 12.7. The molecule has 0 unspecified atom stereocenters. The lowest BCUT2D eigenvalue weighted by molar-refractivity contribution is 1.29. The zero-order valence-corrected chi connectivity index (χ0v) is 39.5. The number of rotatable bonds is 3. The van der Waals surface area contributed by atoms with Gasteiger partial charge in [0.05, 0.1) is 8.07 Å². The zero-order chi connectivity index (χ0) is 42.2. The van der Waals surface area contributed by atoms with E-state index >= 15 is 0 Å². The summed E-state index contributed by atoms with van der Waals surface area (Å²) in [6, 6.07) is 60.2. The summed E-state index contributed by atoms with van der Waals surface area (Å²) in [6.07, 6.45) is 0. The lowest BCUT2D eigenvalue weighted by atomic mass is 9.31. The van der Waals surface area contributed by atoms with Gasteiger partial charge >= 0.3 is 0 Å². The number of benzene rings is 10. The average molecular weight is 948 g/mol. The van der Waals surface area contributed by atoms with Crippen LogP contribution in [-0.4, -0.2) is 21.5 Å². The van der Waals surface area contributed by atoms with Crippen molar-refractivity contribution in [1.82, 2.24) is 0 Å². The predicted octanol–water partition coefficient (Wildman–Crippen LogP) is 11.5. The molecule has 4 aliphatic rings. The molecular formula is C56H38B2Br2N2Si. The van der Waals surface area contributed by atoms with Crippen molar-refractivity contribution in [2.45, 2.75) is 26.6 Å². The first-order chi connectivity index (χ1) is 30.7. The Kier molecular flexibility index (Phi) is 7.36. The van der Waals surface area contributed by atoms with Crippen LogP contribution in [0, 0.1) is 6.92 Å². The molecule has 296 valence electrons. The van der Waals surface area contributed by atoms with Crippen LogP contribution in [0.15, 0.2) is 167 Å². The van der Waals surface area contributed by atoms with Crippen molar-refractivity contribution in [3.63, 3.8) is 0 Å². The Morgan fingerprint density at radius 3 is 1.37 bits per heavy atom. The summed E-state index contributed by atoms with van der Waals surface area (Å²) >= 11 is 8.13. The first kappa shape index (κ1) is 36.6. The molecule has 0 fully saturated rings. The minimum Gasteiger partial charge on any atom is -0.311 e. The van der Waals surface area contributed by atoms with Crippen molar-refractivity contribution in [3.05, 3.63) is 172 Å². The van der Waals surface area contributed by atoms with E-state index in [1.165, 1.54) is 132 Å². The number of hydrogen-bond acceptors (Lipinski definition) is 2. The van der Waals surface area contributed by atoms with Gasteiger partial charge in [0.15, 0.2) is 0 Å². The van der Waals surface area contributed by atoms with Crippen molar-refractivity contribution in [3.8, 4) is 22.3 Å². The molecule has 10 aromatic carbocycles. The van der Waals surface area contributed by atoms with Crippen LogP contribution in [0.4, 0.5) is 34.1 Å².